The van der Waals surface area contributed by atoms with Crippen LogP contribution in [0.25, 0.3) is 0 Å². The van der Waals surface area contributed by atoms with Crippen LogP contribution in [0.4, 0.5) is 0 Å². The van der Waals surface area contributed by atoms with E-state index in [0.717, 1.165) is 0 Å². The molecule has 0 N–H and O–H groups in total. The zero-order valence-electron chi connectivity index (χ0n) is 26.7. The number of hydrogen-bond acceptors (Lipinski definition) is 0. The van der Waals surface area contributed by atoms with E-state index in [1.807, 2.05) is 0 Å². The van der Waals surface area contributed by atoms with Crippen molar-refractivity contribution >= 4 is 60.7 Å². The molecule has 1 aliphatic rings. The van der Waals surface area contributed by atoms with Gasteiger partial charge < -0.3 is 17.0 Å². The van der Waals surface area contributed by atoms with Crippen molar-refractivity contribution in [2.24, 2.45) is 5.41 Å². The lowest BCUT2D eigenvalue weighted by molar-refractivity contribution is -0.00000893. The van der Waals surface area contributed by atoms with E-state index in [1.54, 1.807) is 21.2 Å². The molecule has 0 amide bonds. The maximum Gasteiger partial charge on any atom is 0.315 e. The molecule has 0 unspecified atom stereocenters. The van der Waals surface area contributed by atoms with Crippen molar-refractivity contribution in [2.75, 3.05) is 18.5 Å². The minimum Gasteiger partial charge on any atom is -1.00 e. The van der Waals surface area contributed by atoms with Crippen LogP contribution >= 0.6 is 22.2 Å². The van der Waals surface area contributed by atoms with Gasteiger partial charge >= 0.3 is 6.72 Å². The summed E-state index contributed by atoms with van der Waals surface area (Å²) in [5.74, 6) is 0. The predicted molar refractivity (Wildman–Crippen MR) is 208 cm³/mol. The van der Waals surface area contributed by atoms with E-state index in [2.05, 4.69) is 189 Å². The maximum absolute atomic E-state index is 2.68. The van der Waals surface area contributed by atoms with Crippen LogP contribution in [0.3, 0.4) is 0 Å². The highest BCUT2D eigenvalue weighted by atomic mass is 79.9. The van der Waals surface area contributed by atoms with Crippen molar-refractivity contribution in [3.63, 3.8) is 0 Å². The number of rotatable bonds is 8. The van der Waals surface area contributed by atoms with Gasteiger partial charge in [0.25, 0.3) is 0 Å². The highest BCUT2D eigenvalue weighted by molar-refractivity contribution is 8.37. The van der Waals surface area contributed by atoms with Crippen LogP contribution in [0.2, 0.25) is 0 Å². The van der Waals surface area contributed by atoms with Crippen molar-refractivity contribution in [3.05, 3.63) is 182 Å². The average Bonchev–Trinajstić information content (AvgIpc) is 3.12. The summed E-state index contributed by atoms with van der Waals surface area (Å²) < 4.78 is 0. The lowest BCUT2D eigenvalue weighted by Crippen LogP contribution is -3.00. The normalized spacial score (nSPS) is 16.3. The molecular weight excluding hydrogens is 676 g/mol. The smallest absolute Gasteiger partial charge is 0.315 e. The highest BCUT2D eigenvalue weighted by Crippen LogP contribution is 2.77. The van der Waals surface area contributed by atoms with Crippen LogP contribution in [0, 0.1) is 5.41 Å². The van der Waals surface area contributed by atoms with Gasteiger partial charge in [-0.05, 0) is 87.5 Å². The molecule has 6 aromatic carbocycles. The van der Waals surface area contributed by atoms with Crippen LogP contribution < -0.4 is 48.8 Å². The van der Waals surface area contributed by atoms with Crippen molar-refractivity contribution in [2.45, 2.75) is 6.92 Å². The molecule has 0 aromatic heterocycles. The molecule has 0 bridgehead atoms. The third-order valence-corrected chi connectivity index (χ3v) is 27.0. The molecule has 230 valence electrons. The zero-order chi connectivity index (χ0) is 30.6. The zero-order valence-corrected chi connectivity index (χ0v) is 30.9. The van der Waals surface area contributed by atoms with Crippen LogP contribution in [0.15, 0.2) is 182 Å². The molecule has 1 fully saturated rings. The summed E-state index contributed by atoms with van der Waals surface area (Å²) in [5.41, 5.74) is 0.151. The Hall–Kier alpha value is -2.85. The Bertz CT molecular complexity index is 1600. The van der Waals surface area contributed by atoms with Gasteiger partial charge in [-0.25, -0.2) is 0 Å². The second-order valence-corrected chi connectivity index (χ2v) is 24.6. The van der Waals surface area contributed by atoms with Gasteiger partial charge in [-0.2, -0.15) is 0 Å². The van der Waals surface area contributed by atoms with Gasteiger partial charge in [0.2, 0.25) is 0 Å². The van der Waals surface area contributed by atoms with E-state index < -0.39 is 28.9 Å². The van der Waals surface area contributed by atoms with Crippen LogP contribution in [0.1, 0.15) is 6.92 Å². The van der Waals surface area contributed by atoms with E-state index in [-0.39, 0.29) is 22.4 Å². The van der Waals surface area contributed by atoms with Crippen LogP contribution in [-0.2, 0) is 0 Å². The lowest BCUT2D eigenvalue weighted by atomic mass is 9.99. The molecule has 0 radical (unpaired) electrons. The van der Waals surface area contributed by atoms with Gasteiger partial charge in [0, 0.05) is 17.7 Å². The topological polar surface area (TPSA) is 0 Å². The third-order valence-electron chi connectivity index (χ3n) is 10.1. The molecule has 0 nitrogen and oxygen atoms in total. The minimum absolute atomic E-state index is 0. The Morgan fingerprint density at radius 3 is 1.00 bits per heavy atom. The van der Waals surface area contributed by atoms with Gasteiger partial charge in [-0.15, -0.1) is 0 Å². The van der Waals surface area contributed by atoms with Crippen molar-refractivity contribution in [1.29, 1.82) is 0 Å². The Kier molecular flexibility index (Phi) is 10.4. The van der Waals surface area contributed by atoms with Gasteiger partial charge in [0.15, 0.2) is 0 Å². The molecule has 0 atom stereocenters. The second-order valence-electron chi connectivity index (χ2n) is 13.3. The van der Waals surface area contributed by atoms with E-state index in [9.17, 15) is 0 Å². The van der Waals surface area contributed by atoms with Crippen LogP contribution in [0.5, 0.6) is 0 Å². The third kappa shape index (κ3) is 6.62. The van der Waals surface area contributed by atoms with Crippen LogP contribution in [-0.4, -0.2) is 25.2 Å². The fraction of sp³-hybridized carbons (Fsp3) is 0.122. The van der Waals surface area contributed by atoms with Crippen molar-refractivity contribution in [1.82, 2.24) is 0 Å². The fourth-order valence-corrected chi connectivity index (χ4v) is 29.4. The summed E-state index contributed by atoms with van der Waals surface area (Å²) >= 11 is 0. The first-order chi connectivity index (χ1) is 22.1. The van der Waals surface area contributed by atoms with Gasteiger partial charge in [0.05, 0.1) is 21.2 Å². The summed E-state index contributed by atoms with van der Waals surface area (Å²) in [6.45, 7) is 2.20. The highest BCUT2D eigenvalue weighted by Gasteiger charge is 2.61. The Labute approximate surface area is 289 Å². The average molecular weight is 717 g/mol. The Balaban J connectivity index is 0.00000372. The van der Waals surface area contributed by atoms with Gasteiger partial charge in [0.1, 0.15) is 0 Å². The molecule has 1 heterocycles. The summed E-state index contributed by atoms with van der Waals surface area (Å²) in [6, 6.07) is 69.8. The number of benzene rings is 6. The first kappa shape index (κ1) is 33.1. The summed E-state index contributed by atoms with van der Waals surface area (Å²) in [4.78, 5) is 0. The molecule has 1 saturated heterocycles. The van der Waals surface area contributed by atoms with Crippen molar-refractivity contribution in [3.8, 4) is 0 Å². The molecule has 0 aliphatic carbocycles. The Morgan fingerprint density at radius 1 is 0.457 bits per heavy atom. The van der Waals surface area contributed by atoms with Crippen molar-refractivity contribution < 1.29 is 17.0 Å². The fourth-order valence-electron chi connectivity index (χ4n) is 8.48. The van der Waals surface area contributed by atoms with E-state index in [0.29, 0.717) is 0 Å². The first-order valence-electron chi connectivity index (χ1n) is 16.2. The standard InChI is InChI=1S/C41H41BP3.BrH/c1-41(32-43(35-20-8-2-9-21-35)36-22-10-3-11-23-36)33-44(37-24-12-4-13-25-37,38-26-14-5-15-27-38)42-45(34-41,39-28-16-6-17-29-39)40-30-18-7-19-31-40;/h2-31H,32-34,42H2,1H3;1H/q+1;/p-1. The number of halogens is 1. The summed E-state index contributed by atoms with van der Waals surface area (Å²) in [5, 5.41) is 9.44. The summed E-state index contributed by atoms with van der Waals surface area (Å²) in [7, 11) is -3.98. The molecular formula is C41H41BBrP3. The predicted octanol–water partition coefficient (Wildman–Crippen LogP) is 4.48. The van der Waals surface area contributed by atoms with E-state index >= 15 is 0 Å². The Morgan fingerprint density at radius 2 is 0.717 bits per heavy atom. The molecule has 0 spiro atoms. The minimum atomic E-state index is -1.72. The second kappa shape index (κ2) is 14.5. The molecule has 7 rings (SSSR count). The number of hydrogen-bond donors (Lipinski definition) is 0. The van der Waals surface area contributed by atoms with E-state index in [4.69, 9.17) is 0 Å². The molecule has 6 aromatic rings. The quantitative estimate of drug-likeness (QED) is 0.161. The first-order valence-corrected chi connectivity index (χ1v) is 22.6. The summed E-state index contributed by atoms with van der Waals surface area (Å²) in [6.07, 6.45) is 3.77. The lowest BCUT2D eigenvalue weighted by Gasteiger charge is -2.52. The van der Waals surface area contributed by atoms with Gasteiger partial charge in [-0.3, -0.25) is 0 Å². The largest absolute Gasteiger partial charge is 1.00 e. The molecule has 1 aliphatic heterocycles. The molecule has 46 heavy (non-hydrogen) atoms. The van der Waals surface area contributed by atoms with E-state index in [1.165, 1.54) is 29.1 Å². The van der Waals surface area contributed by atoms with Gasteiger partial charge in [-0.1, -0.05) is 140 Å². The molecule has 0 saturated carbocycles. The maximum atomic E-state index is 2.68. The molecule has 5 heteroatoms. The SMILES string of the molecule is CC1(CP(c2ccccc2)c2ccccc2)C[P+](c2ccccc2)(c2ccccc2)[BH2-][P+](c2ccccc2)(c2ccccc2)C1.[Br-]. The monoisotopic (exact) mass is 716 g/mol.